The largest absolute Gasteiger partial charge is 0.384 e. The molecule has 0 fully saturated rings. The molecule has 2 rings (SSSR count). The lowest BCUT2D eigenvalue weighted by molar-refractivity contribution is 1.29. The van der Waals surface area contributed by atoms with E-state index in [1.165, 1.54) is 16.7 Å². The molecule has 0 saturated carbocycles. The van der Waals surface area contributed by atoms with Crippen molar-refractivity contribution in [2.24, 2.45) is 0 Å². The van der Waals surface area contributed by atoms with Crippen LogP contribution in [-0.4, -0.2) is 4.98 Å². The molecule has 0 unspecified atom stereocenters. The van der Waals surface area contributed by atoms with Crippen molar-refractivity contribution in [2.75, 3.05) is 5.73 Å². The van der Waals surface area contributed by atoms with Gasteiger partial charge in [0, 0.05) is 5.56 Å². The Balaban J connectivity index is 2.63. The van der Waals surface area contributed by atoms with Gasteiger partial charge in [-0.15, -0.1) is 0 Å². The summed E-state index contributed by atoms with van der Waals surface area (Å²) in [5.74, 6) is 0.565. The quantitative estimate of drug-likeness (QED) is 0.765. The highest BCUT2D eigenvalue weighted by Gasteiger charge is 2.05. The fourth-order valence-electron chi connectivity index (χ4n) is 1.81. The summed E-state index contributed by atoms with van der Waals surface area (Å²) in [7, 11) is 0. The number of nitrogen functional groups attached to an aromatic ring is 1. The highest BCUT2D eigenvalue weighted by molar-refractivity contribution is 5.68. The number of nitrogens with two attached hydrogens (primary N) is 1. The van der Waals surface area contributed by atoms with Crippen LogP contribution in [0.5, 0.6) is 0 Å². The maximum Gasteiger partial charge on any atom is 0.124 e. The normalized spacial score (nSPS) is 10.3. The third-order valence-electron chi connectivity index (χ3n) is 2.51. The van der Waals surface area contributed by atoms with Crippen LogP contribution in [0.15, 0.2) is 36.4 Å². The summed E-state index contributed by atoms with van der Waals surface area (Å²) < 4.78 is 0. The molecule has 76 valence electrons. The molecule has 0 aliphatic rings. The lowest BCUT2D eigenvalue weighted by Crippen LogP contribution is -1.94. The Kier molecular flexibility index (Phi) is 2.42. The maximum absolute atomic E-state index is 5.68. The van der Waals surface area contributed by atoms with E-state index in [1.54, 1.807) is 6.07 Å². The van der Waals surface area contributed by atoms with Crippen molar-refractivity contribution in [3.8, 4) is 11.3 Å². The standard InChI is InChI=1S/C13H14N2/c1-9-5-3-6-10(2)13(9)11-7-4-8-12(14)15-11/h3-8H,1-2H3,(H2,14,15). The van der Waals surface area contributed by atoms with Gasteiger partial charge in [0.05, 0.1) is 5.69 Å². The van der Waals surface area contributed by atoms with Gasteiger partial charge in [-0.05, 0) is 37.1 Å². The molecule has 2 aromatic rings. The number of aromatic nitrogens is 1. The molecule has 0 bridgehead atoms. The van der Waals surface area contributed by atoms with Crippen molar-refractivity contribution < 1.29 is 0 Å². The van der Waals surface area contributed by atoms with Crippen LogP contribution in [0, 0.1) is 13.8 Å². The average Bonchev–Trinajstić information content (AvgIpc) is 2.17. The number of pyridine rings is 1. The summed E-state index contributed by atoms with van der Waals surface area (Å²) in [6, 6.07) is 12.0. The molecule has 1 heterocycles. The molecule has 0 atom stereocenters. The molecular weight excluding hydrogens is 184 g/mol. The number of aryl methyl sites for hydroxylation is 2. The highest BCUT2D eigenvalue weighted by atomic mass is 14.8. The topological polar surface area (TPSA) is 38.9 Å². The summed E-state index contributed by atoms with van der Waals surface area (Å²) in [4.78, 5) is 4.34. The molecule has 1 aromatic heterocycles. The summed E-state index contributed by atoms with van der Waals surface area (Å²) in [5.41, 5.74) is 10.3. The highest BCUT2D eigenvalue weighted by Crippen LogP contribution is 2.25. The van der Waals surface area contributed by atoms with E-state index in [1.807, 2.05) is 12.1 Å². The molecular formula is C13H14N2. The molecule has 0 saturated heterocycles. The van der Waals surface area contributed by atoms with Crippen molar-refractivity contribution >= 4 is 5.82 Å². The van der Waals surface area contributed by atoms with E-state index in [4.69, 9.17) is 5.73 Å². The van der Waals surface area contributed by atoms with E-state index in [2.05, 4.69) is 37.0 Å². The fraction of sp³-hybridized carbons (Fsp3) is 0.154. The lowest BCUT2D eigenvalue weighted by Gasteiger charge is -2.09. The van der Waals surface area contributed by atoms with Crippen LogP contribution in [0.1, 0.15) is 11.1 Å². The minimum Gasteiger partial charge on any atom is -0.384 e. The summed E-state index contributed by atoms with van der Waals surface area (Å²) >= 11 is 0. The van der Waals surface area contributed by atoms with Crippen molar-refractivity contribution in [1.29, 1.82) is 0 Å². The van der Waals surface area contributed by atoms with E-state index in [-0.39, 0.29) is 0 Å². The lowest BCUT2D eigenvalue weighted by atomic mass is 10.00. The molecule has 0 aliphatic carbocycles. The van der Waals surface area contributed by atoms with E-state index >= 15 is 0 Å². The van der Waals surface area contributed by atoms with Crippen LogP contribution in [0.3, 0.4) is 0 Å². The van der Waals surface area contributed by atoms with Gasteiger partial charge in [0.25, 0.3) is 0 Å². The Morgan fingerprint density at radius 3 is 2.13 bits per heavy atom. The number of hydrogen-bond donors (Lipinski definition) is 1. The van der Waals surface area contributed by atoms with Crippen molar-refractivity contribution in [1.82, 2.24) is 4.98 Å². The Morgan fingerprint density at radius 1 is 0.933 bits per heavy atom. The van der Waals surface area contributed by atoms with Gasteiger partial charge in [0.2, 0.25) is 0 Å². The smallest absolute Gasteiger partial charge is 0.124 e. The van der Waals surface area contributed by atoms with E-state index in [0.29, 0.717) is 5.82 Å². The SMILES string of the molecule is Cc1cccc(C)c1-c1cccc(N)n1. The second-order valence-electron chi connectivity index (χ2n) is 3.71. The number of benzene rings is 1. The second-order valence-corrected chi connectivity index (χ2v) is 3.71. The number of rotatable bonds is 1. The van der Waals surface area contributed by atoms with Gasteiger partial charge in [-0.1, -0.05) is 24.3 Å². The van der Waals surface area contributed by atoms with Crippen molar-refractivity contribution in [3.63, 3.8) is 0 Å². The predicted octanol–water partition coefficient (Wildman–Crippen LogP) is 2.95. The summed E-state index contributed by atoms with van der Waals surface area (Å²) in [6.07, 6.45) is 0. The van der Waals surface area contributed by atoms with Crippen LogP contribution < -0.4 is 5.73 Å². The fourth-order valence-corrected chi connectivity index (χ4v) is 1.81. The Bertz CT molecular complexity index is 469. The molecule has 15 heavy (non-hydrogen) atoms. The van der Waals surface area contributed by atoms with Crippen LogP contribution in [0.2, 0.25) is 0 Å². The molecule has 2 nitrogen and oxygen atoms in total. The first-order valence-corrected chi connectivity index (χ1v) is 4.97. The van der Waals surface area contributed by atoms with Crippen LogP contribution in [-0.2, 0) is 0 Å². The number of hydrogen-bond acceptors (Lipinski definition) is 2. The van der Waals surface area contributed by atoms with Gasteiger partial charge in [0.1, 0.15) is 5.82 Å². The molecule has 1 aromatic carbocycles. The minimum absolute atomic E-state index is 0.565. The summed E-state index contributed by atoms with van der Waals surface area (Å²) in [5, 5.41) is 0. The van der Waals surface area contributed by atoms with E-state index < -0.39 is 0 Å². The van der Waals surface area contributed by atoms with Crippen LogP contribution in [0.25, 0.3) is 11.3 Å². The zero-order valence-electron chi connectivity index (χ0n) is 8.99. The van der Waals surface area contributed by atoms with Gasteiger partial charge in [-0.3, -0.25) is 0 Å². The molecule has 2 N–H and O–H groups in total. The first-order chi connectivity index (χ1) is 7.18. The predicted molar refractivity (Wildman–Crippen MR) is 63.6 cm³/mol. The zero-order chi connectivity index (χ0) is 10.8. The Hall–Kier alpha value is -1.83. The first-order valence-electron chi connectivity index (χ1n) is 4.97. The molecule has 0 amide bonds. The van der Waals surface area contributed by atoms with Crippen molar-refractivity contribution in [2.45, 2.75) is 13.8 Å². The van der Waals surface area contributed by atoms with Gasteiger partial charge >= 0.3 is 0 Å². The zero-order valence-corrected chi connectivity index (χ0v) is 8.99. The monoisotopic (exact) mass is 198 g/mol. The third kappa shape index (κ3) is 1.84. The van der Waals surface area contributed by atoms with Crippen molar-refractivity contribution in [3.05, 3.63) is 47.5 Å². The molecule has 0 spiro atoms. The molecule has 0 radical (unpaired) electrons. The number of nitrogens with zero attached hydrogens (tertiary/aromatic N) is 1. The van der Waals surface area contributed by atoms with E-state index in [9.17, 15) is 0 Å². The van der Waals surface area contributed by atoms with Gasteiger partial charge in [0.15, 0.2) is 0 Å². The maximum atomic E-state index is 5.68. The van der Waals surface area contributed by atoms with E-state index in [0.717, 1.165) is 5.69 Å². The van der Waals surface area contributed by atoms with Gasteiger partial charge < -0.3 is 5.73 Å². The molecule has 2 heteroatoms. The number of anilines is 1. The van der Waals surface area contributed by atoms with Crippen LogP contribution in [0.4, 0.5) is 5.82 Å². The summed E-state index contributed by atoms with van der Waals surface area (Å²) in [6.45, 7) is 4.18. The Morgan fingerprint density at radius 2 is 1.53 bits per heavy atom. The first kappa shape index (κ1) is 9.71. The Labute approximate surface area is 89.8 Å². The van der Waals surface area contributed by atoms with Gasteiger partial charge in [-0.25, -0.2) is 4.98 Å². The van der Waals surface area contributed by atoms with Crippen LogP contribution >= 0.6 is 0 Å². The third-order valence-corrected chi connectivity index (χ3v) is 2.51. The average molecular weight is 198 g/mol. The second kappa shape index (κ2) is 3.73. The minimum atomic E-state index is 0.565. The molecule has 0 aliphatic heterocycles. The van der Waals surface area contributed by atoms with Gasteiger partial charge in [-0.2, -0.15) is 0 Å².